The van der Waals surface area contributed by atoms with Crippen LogP contribution in [0.1, 0.15) is 15.9 Å². The van der Waals surface area contributed by atoms with E-state index in [1.54, 1.807) is 19.1 Å². The van der Waals surface area contributed by atoms with E-state index >= 15 is 0 Å². The molecule has 1 aromatic rings. The number of amides is 1. The van der Waals surface area contributed by atoms with Crippen LogP contribution in [-0.2, 0) is 10.2 Å². The van der Waals surface area contributed by atoms with Crippen LogP contribution in [0.5, 0.6) is 0 Å². The molecule has 0 atom stereocenters. The highest BCUT2D eigenvalue weighted by atomic mass is 32.2. The van der Waals surface area contributed by atoms with Crippen LogP contribution in [0.25, 0.3) is 0 Å². The number of piperazine rings is 1. The van der Waals surface area contributed by atoms with E-state index in [-0.39, 0.29) is 37.6 Å². The molecule has 1 aliphatic heterocycles. The van der Waals surface area contributed by atoms with Crippen LogP contribution in [0.2, 0.25) is 0 Å². The van der Waals surface area contributed by atoms with Crippen molar-refractivity contribution < 1.29 is 17.6 Å². The Kier molecular flexibility index (Phi) is 4.07. The molecule has 2 N–H and O–H groups in total. The number of carbonyl (C=O) groups excluding carboxylic acids is 1. The Labute approximate surface area is 117 Å². The third-order valence-corrected chi connectivity index (χ3v) is 4.39. The van der Waals surface area contributed by atoms with Gasteiger partial charge in [-0.25, -0.2) is 9.53 Å². The zero-order valence-corrected chi connectivity index (χ0v) is 11.9. The molecule has 0 aliphatic carbocycles. The molecule has 0 saturated carbocycles. The lowest BCUT2D eigenvalue weighted by Gasteiger charge is -2.33. The summed E-state index contributed by atoms with van der Waals surface area (Å²) in [6.07, 6.45) is 0. The van der Waals surface area contributed by atoms with Crippen molar-refractivity contribution in [2.45, 2.75) is 6.92 Å². The van der Waals surface area contributed by atoms with Crippen molar-refractivity contribution in [1.82, 2.24) is 9.21 Å². The molecule has 0 bridgehead atoms. The molecular weight excluding hydrogens is 285 g/mol. The Balaban J connectivity index is 2.07. The fraction of sp³-hybridized carbons (Fsp3) is 0.417. The predicted molar refractivity (Wildman–Crippen MR) is 71.7 cm³/mol. The van der Waals surface area contributed by atoms with Gasteiger partial charge in [0.2, 0.25) is 0 Å². The molecule has 0 aromatic heterocycles. The molecule has 1 aliphatic rings. The first-order valence-electron chi connectivity index (χ1n) is 6.12. The highest BCUT2D eigenvalue weighted by Gasteiger charge is 2.27. The van der Waals surface area contributed by atoms with Crippen molar-refractivity contribution in [2.24, 2.45) is 5.14 Å². The van der Waals surface area contributed by atoms with E-state index in [9.17, 15) is 17.6 Å². The summed E-state index contributed by atoms with van der Waals surface area (Å²) < 4.78 is 36.9. The Bertz CT molecular complexity index is 625. The Hall–Kier alpha value is -1.51. The Morgan fingerprint density at radius 2 is 1.85 bits per heavy atom. The van der Waals surface area contributed by atoms with Gasteiger partial charge in [-0.2, -0.15) is 12.7 Å². The number of rotatable bonds is 2. The van der Waals surface area contributed by atoms with E-state index in [1.165, 1.54) is 11.0 Å². The first kappa shape index (κ1) is 14.9. The molecule has 1 amide bonds. The van der Waals surface area contributed by atoms with Crippen molar-refractivity contribution >= 4 is 16.1 Å². The van der Waals surface area contributed by atoms with Crippen LogP contribution >= 0.6 is 0 Å². The summed E-state index contributed by atoms with van der Waals surface area (Å²) in [5.74, 6) is -0.739. The van der Waals surface area contributed by atoms with E-state index in [1.807, 2.05) is 0 Å². The third-order valence-electron chi connectivity index (χ3n) is 3.30. The summed E-state index contributed by atoms with van der Waals surface area (Å²) in [5, 5.41) is 5.02. The van der Waals surface area contributed by atoms with E-state index in [4.69, 9.17) is 5.14 Å². The van der Waals surface area contributed by atoms with Crippen LogP contribution in [-0.4, -0.2) is 49.7 Å². The maximum absolute atomic E-state index is 13.5. The second-order valence-corrected chi connectivity index (χ2v) is 6.25. The van der Waals surface area contributed by atoms with Crippen molar-refractivity contribution in [3.05, 3.63) is 35.1 Å². The number of carbonyl (C=O) groups is 1. The first-order chi connectivity index (χ1) is 9.29. The largest absolute Gasteiger partial charge is 0.336 e. The minimum Gasteiger partial charge on any atom is -0.336 e. The summed E-state index contributed by atoms with van der Waals surface area (Å²) in [7, 11) is -3.72. The van der Waals surface area contributed by atoms with Gasteiger partial charge in [-0.1, -0.05) is 6.07 Å². The number of nitrogens with two attached hydrogens (primary N) is 1. The van der Waals surface area contributed by atoms with Gasteiger partial charge in [-0.15, -0.1) is 0 Å². The number of halogens is 1. The molecule has 0 radical (unpaired) electrons. The topological polar surface area (TPSA) is 83.7 Å². The fourth-order valence-electron chi connectivity index (χ4n) is 2.05. The molecule has 8 heteroatoms. The van der Waals surface area contributed by atoms with Crippen molar-refractivity contribution in [3.8, 4) is 0 Å². The summed E-state index contributed by atoms with van der Waals surface area (Å²) in [5.41, 5.74) is 0.734. The minimum atomic E-state index is -3.72. The molecule has 1 fully saturated rings. The Morgan fingerprint density at radius 1 is 1.25 bits per heavy atom. The lowest BCUT2D eigenvalue weighted by Crippen LogP contribution is -2.52. The first-order valence-corrected chi connectivity index (χ1v) is 7.62. The van der Waals surface area contributed by atoms with E-state index < -0.39 is 16.0 Å². The van der Waals surface area contributed by atoms with E-state index in [0.29, 0.717) is 5.56 Å². The average molecular weight is 301 g/mol. The second-order valence-electron chi connectivity index (χ2n) is 4.70. The minimum absolute atomic E-state index is 0.152. The molecular formula is C12H16FN3O3S. The number of hydrogen-bond donors (Lipinski definition) is 1. The SMILES string of the molecule is Cc1ccc(C(=O)N2CCN(S(N)(=O)=O)CC2)cc1F. The zero-order valence-electron chi connectivity index (χ0n) is 11.0. The van der Waals surface area contributed by atoms with E-state index in [0.717, 1.165) is 4.31 Å². The second kappa shape index (κ2) is 5.47. The maximum Gasteiger partial charge on any atom is 0.277 e. The maximum atomic E-state index is 13.5. The van der Waals surface area contributed by atoms with Crippen molar-refractivity contribution in [1.29, 1.82) is 0 Å². The summed E-state index contributed by atoms with van der Waals surface area (Å²) in [6.45, 7) is 2.40. The van der Waals surface area contributed by atoms with Gasteiger partial charge in [0.15, 0.2) is 0 Å². The Morgan fingerprint density at radius 3 is 2.35 bits per heavy atom. The van der Waals surface area contributed by atoms with Crippen LogP contribution in [0.15, 0.2) is 18.2 Å². The molecule has 1 aromatic carbocycles. The normalized spacial score (nSPS) is 17.2. The average Bonchev–Trinajstić information content (AvgIpc) is 2.40. The van der Waals surface area contributed by atoms with Gasteiger partial charge in [-0.3, -0.25) is 4.79 Å². The van der Waals surface area contributed by atoms with Gasteiger partial charge in [-0.05, 0) is 24.6 Å². The summed E-state index contributed by atoms with van der Waals surface area (Å²) in [6, 6.07) is 4.31. The molecule has 1 heterocycles. The smallest absolute Gasteiger partial charge is 0.277 e. The number of benzene rings is 1. The highest BCUT2D eigenvalue weighted by molar-refractivity contribution is 7.86. The van der Waals surface area contributed by atoms with Crippen molar-refractivity contribution in [2.75, 3.05) is 26.2 Å². The van der Waals surface area contributed by atoms with Gasteiger partial charge < -0.3 is 4.90 Å². The summed E-state index contributed by atoms with van der Waals surface area (Å²) in [4.78, 5) is 13.7. The van der Waals surface area contributed by atoms with Gasteiger partial charge >= 0.3 is 0 Å². The molecule has 2 rings (SSSR count). The number of aryl methyl sites for hydroxylation is 1. The lowest BCUT2D eigenvalue weighted by atomic mass is 10.1. The third kappa shape index (κ3) is 3.14. The number of nitrogens with zero attached hydrogens (tertiary/aromatic N) is 2. The number of hydrogen-bond acceptors (Lipinski definition) is 3. The van der Waals surface area contributed by atoms with Crippen LogP contribution in [0.3, 0.4) is 0 Å². The quantitative estimate of drug-likeness (QED) is 0.840. The predicted octanol–water partition coefficient (Wildman–Crippen LogP) is 0.0954. The lowest BCUT2D eigenvalue weighted by molar-refractivity contribution is 0.0697. The molecule has 0 unspecified atom stereocenters. The molecule has 20 heavy (non-hydrogen) atoms. The van der Waals surface area contributed by atoms with Gasteiger partial charge in [0.1, 0.15) is 5.82 Å². The van der Waals surface area contributed by atoms with Crippen LogP contribution in [0, 0.1) is 12.7 Å². The van der Waals surface area contributed by atoms with Crippen LogP contribution in [0.4, 0.5) is 4.39 Å². The van der Waals surface area contributed by atoms with Gasteiger partial charge in [0, 0.05) is 31.7 Å². The summed E-state index contributed by atoms with van der Waals surface area (Å²) >= 11 is 0. The van der Waals surface area contributed by atoms with Gasteiger partial charge in [0.05, 0.1) is 0 Å². The fourth-order valence-corrected chi connectivity index (χ4v) is 2.73. The van der Waals surface area contributed by atoms with Crippen LogP contribution < -0.4 is 5.14 Å². The zero-order chi connectivity index (χ0) is 14.9. The molecule has 110 valence electrons. The van der Waals surface area contributed by atoms with Gasteiger partial charge in [0.25, 0.3) is 16.1 Å². The monoisotopic (exact) mass is 301 g/mol. The molecule has 1 saturated heterocycles. The highest BCUT2D eigenvalue weighted by Crippen LogP contribution is 2.13. The van der Waals surface area contributed by atoms with Crippen molar-refractivity contribution in [3.63, 3.8) is 0 Å². The standard InChI is InChI=1S/C12H16FN3O3S/c1-9-2-3-10(8-11(9)13)12(17)15-4-6-16(7-5-15)20(14,18)19/h2-3,8H,4-7H2,1H3,(H2,14,18,19). The van der Waals surface area contributed by atoms with E-state index in [2.05, 4.69) is 0 Å². The molecule has 0 spiro atoms. The molecule has 6 nitrogen and oxygen atoms in total.